The van der Waals surface area contributed by atoms with Crippen LogP contribution in [-0.2, 0) is 6.18 Å². The van der Waals surface area contributed by atoms with E-state index in [-0.39, 0.29) is 11.7 Å². The number of aromatic nitrogens is 2. The highest BCUT2D eigenvalue weighted by atomic mass is 19.4. The highest BCUT2D eigenvalue weighted by Gasteiger charge is 2.42. The molecular formula is C33H36F3N7O2. The van der Waals surface area contributed by atoms with Gasteiger partial charge in [-0.15, -0.1) is 0 Å². The van der Waals surface area contributed by atoms with Crippen LogP contribution in [0.4, 0.5) is 42.1 Å². The summed E-state index contributed by atoms with van der Waals surface area (Å²) in [6.07, 6.45) is -0.0986. The number of amides is 1. The SMILES string of the molecule is CNc1ccccc1NC1CCN(c2ccc(NC(=O)c3oc(N4CCC(c5ccccc5)CC4)nc3C(F)(F)F)cn2)CC1. The number of hydrogen-bond acceptors (Lipinski definition) is 8. The van der Waals surface area contributed by atoms with Crippen molar-refractivity contribution < 1.29 is 22.4 Å². The Kier molecular flexibility index (Phi) is 8.81. The van der Waals surface area contributed by atoms with Crippen molar-refractivity contribution in [1.29, 1.82) is 0 Å². The minimum Gasteiger partial charge on any atom is -0.417 e. The first-order valence-corrected chi connectivity index (χ1v) is 15.2. The summed E-state index contributed by atoms with van der Waals surface area (Å²) in [5, 5.41) is 9.32. The molecule has 3 N–H and O–H groups in total. The third kappa shape index (κ3) is 7.00. The van der Waals surface area contributed by atoms with Gasteiger partial charge in [0.15, 0.2) is 5.69 Å². The van der Waals surface area contributed by atoms with E-state index in [1.807, 2.05) is 43.4 Å². The van der Waals surface area contributed by atoms with Crippen molar-refractivity contribution in [3.63, 3.8) is 0 Å². The molecule has 2 fully saturated rings. The number of anilines is 5. The topological polar surface area (TPSA) is 98.6 Å². The lowest BCUT2D eigenvalue weighted by molar-refractivity contribution is -0.141. The monoisotopic (exact) mass is 619 g/mol. The minimum atomic E-state index is -4.85. The summed E-state index contributed by atoms with van der Waals surface area (Å²) in [4.78, 5) is 25.0. The Morgan fingerprint density at radius 3 is 2.18 bits per heavy atom. The molecule has 1 amide bonds. The summed E-state index contributed by atoms with van der Waals surface area (Å²) in [7, 11) is 1.90. The van der Waals surface area contributed by atoms with Crippen molar-refractivity contribution >= 4 is 34.8 Å². The van der Waals surface area contributed by atoms with Crippen LogP contribution < -0.4 is 25.8 Å². The number of carbonyl (C=O) groups excluding carboxylic acids is 1. The summed E-state index contributed by atoms with van der Waals surface area (Å²) in [5.41, 5.74) is 2.24. The number of pyridine rings is 1. The highest BCUT2D eigenvalue weighted by molar-refractivity contribution is 6.03. The van der Waals surface area contributed by atoms with Gasteiger partial charge in [-0.1, -0.05) is 42.5 Å². The third-order valence-electron chi connectivity index (χ3n) is 8.51. The van der Waals surface area contributed by atoms with E-state index in [4.69, 9.17) is 4.42 Å². The predicted molar refractivity (Wildman–Crippen MR) is 169 cm³/mol. The minimum absolute atomic E-state index is 0.195. The first-order valence-electron chi connectivity index (χ1n) is 15.2. The summed E-state index contributed by atoms with van der Waals surface area (Å²) >= 11 is 0. The number of halogens is 3. The smallest absolute Gasteiger partial charge is 0.417 e. The fourth-order valence-corrected chi connectivity index (χ4v) is 6.05. The number of piperidine rings is 2. The van der Waals surface area contributed by atoms with Crippen LogP contribution in [0.5, 0.6) is 0 Å². The number of nitrogens with one attached hydrogen (secondary N) is 3. The molecule has 2 saturated heterocycles. The molecule has 0 aliphatic carbocycles. The van der Waals surface area contributed by atoms with E-state index >= 15 is 0 Å². The third-order valence-corrected chi connectivity index (χ3v) is 8.51. The summed E-state index contributed by atoms with van der Waals surface area (Å²) in [5.74, 6) is -0.842. The number of rotatable bonds is 8. The van der Waals surface area contributed by atoms with Gasteiger partial charge in [0.05, 0.1) is 23.3 Å². The molecular weight excluding hydrogens is 583 g/mol. The zero-order valence-corrected chi connectivity index (χ0v) is 25.0. The molecule has 0 saturated carbocycles. The predicted octanol–water partition coefficient (Wildman–Crippen LogP) is 6.85. The highest BCUT2D eigenvalue weighted by Crippen LogP contribution is 2.36. The van der Waals surface area contributed by atoms with E-state index in [0.29, 0.717) is 25.0 Å². The number of hydrogen-bond donors (Lipinski definition) is 3. The second-order valence-corrected chi connectivity index (χ2v) is 11.4. The molecule has 12 heteroatoms. The maximum Gasteiger partial charge on any atom is 0.437 e. The van der Waals surface area contributed by atoms with Crippen LogP contribution in [-0.4, -0.2) is 55.1 Å². The first kappa shape index (κ1) is 30.3. The van der Waals surface area contributed by atoms with Gasteiger partial charge in [0.2, 0.25) is 5.76 Å². The fourth-order valence-electron chi connectivity index (χ4n) is 6.05. The Bertz CT molecular complexity index is 1580. The van der Waals surface area contributed by atoms with Gasteiger partial charge in [0.25, 0.3) is 11.9 Å². The first-order chi connectivity index (χ1) is 21.8. The number of benzene rings is 2. The van der Waals surface area contributed by atoms with Crippen molar-refractivity contribution in [2.45, 2.75) is 43.8 Å². The lowest BCUT2D eigenvalue weighted by Gasteiger charge is -2.34. The van der Waals surface area contributed by atoms with Gasteiger partial charge < -0.3 is 30.2 Å². The molecule has 236 valence electrons. The van der Waals surface area contributed by atoms with Crippen molar-refractivity contribution in [2.24, 2.45) is 0 Å². The van der Waals surface area contributed by atoms with Crippen LogP contribution in [0.3, 0.4) is 0 Å². The number of carbonyl (C=O) groups is 1. The summed E-state index contributed by atoms with van der Waals surface area (Å²) in [6, 6.07) is 21.6. The largest absolute Gasteiger partial charge is 0.437 e. The summed E-state index contributed by atoms with van der Waals surface area (Å²) in [6.45, 7) is 2.52. The zero-order chi connectivity index (χ0) is 31.4. The molecule has 4 heterocycles. The quantitative estimate of drug-likeness (QED) is 0.197. The molecule has 6 rings (SSSR count). The standard InChI is InChI=1S/C33H36F3N7O2/c1-37-26-9-5-6-10-27(26)39-24-15-19-42(20-16-24)28-12-11-25(21-38-28)40-31(44)29-30(33(34,35)36)41-32(45-29)43-17-13-23(14-18-43)22-7-3-2-4-8-22/h2-12,21,23-24,37,39H,13-20H2,1H3,(H,40,44). The summed E-state index contributed by atoms with van der Waals surface area (Å²) < 4.78 is 47.2. The number of para-hydroxylation sites is 2. The van der Waals surface area contributed by atoms with Gasteiger partial charge in [-0.3, -0.25) is 4.79 Å². The lowest BCUT2D eigenvalue weighted by atomic mass is 9.90. The molecule has 45 heavy (non-hydrogen) atoms. The van der Waals surface area contributed by atoms with Crippen LogP contribution >= 0.6 is 0 Å². The Balaban J connectivity index is 1.06. The van der Waals surface area contributed by atoms with E-state index in [1.54, 1.807) is 17.0 Å². The van der Waals surface area contributed by atoms with Crippen LogP contribution in [0, 0.1) is 0 Å². The average Bonchev–Trinajstić information content (AvgIpc) is 3.53. The molecule has 0 spiro atoms. The Morgan fingerprint density at radius 2 is 1.53 bits per heavy atom. The van der Waals surface area contributed by atoms with Gasteiger partial charge in [-0.2, -0.15) is 18.2 Å². The normalized spacial score (nSPS) is 16.4. The van der Waals surface area contributed by atoms with Gasteiger partial charge in [0, 0.05) is 39.3 Å². The van der Waals surface area contributed by atoms with Crippen molar-refractivity contribution in [2.75, 3.05) is 59.0 Å². The maximum absolute atomic E-state index is 13.9. The molecule has 2 aliphatic heterocycles. The molecule has 2 aromatic carbocycles. The molecule has 0 unspecified atom stereocenters. The van der Waals surface area contributed by atoms with Crippen molar-refractivity contribution in [3.05, 3.63) is 89.9 Å². The van der Waals surface area contributed by atoms with Crippen LogP contribution in [0.25, 0.3) is 0 Å². The molecule has 4 aromatic rings. The Morgan fingerprint density at radius 1 is 0.867 bits per heavy atom. The van der Waals surface area contributed by atoms with E-state index in [0.717, 1.165) is 56.0 Å². The van der Waals surface area contributed by atoms with Gasteiger partial charge in [-0.25, -0.2) is 4.98 Å². The Labute approximate surface area is 259 Å². The second-order valence-electron chi connectivity index (χ2n) is 11.4. The second kappa shape index (κ2) is 13.1. The van der Waals surface area contributed by atoms with Crippen LogP contribution in [0.2, 0.25) is 0 Å². The van der Waals surface area contributed by atoms with E-state index < -0.39 is 23.5 Å². The Hall–Kier alpha value is -4.74. The van der Waals surface area contributed by atoms with Gasteiger partial charge in [0.1, 0.15) is 5.82 Å². The molecule has 2 aromatic heterocycles. The lowest BCUT2D eigenvalue weighted by Crippen LogP contribution is -2.39. The van der Waals surface area contributed by atoms with E-state index in [1.165, 1.54) is 11.8 Å². The fraction of sp³-hybridized carbons (Fsp3) is 0.364. The average molecular weight is 620 g/mol. The molecule has 0 bridgehead atoms. The maximum atomic E-state index is 13.9. The molecule has 2 aliphatic rings. The van der Waals surface area contributed by atoms with Gasteiger partial charge >= 0.3 is 6.18 Å². The van der Waals surface area contributed by atoms with Gasteiger partial charge in [-0.05, 0) is 61.4 Å². The van der Waals surface area contributed by atoms with E-state index in [2.05, 4.69) is 49.0 Å². The van der Waals surface area contributed by atoms with Crippen LogP contribution in [0.15, 0.2) is 77.3 Å². The zero-order valence-electron chi connectivity index (χ0n) is 25.0. The number of oxazole rings is 1. The van der Waals surface area contributed by atoms with E-state index in [9.17, 15) is 18.0 Å². The molecule has 9 nitrogen and oxygen atoms in total. The number of nitrogens with zero attached hydrogens (tertiary/aromatic N) is 4. The van der Waals surface area contributed by atoms with Crippen LogP contribution in [0.1, 0.15) is 53.4 Å². The molecule has 0 atom stereocenters. The van der Waals surface area contributed by atoms with Crippen molar-refractivity contribution in [3.8, 4) is 0 Å². The molecule has 0 radical (unpaired) electrons. The number of alkyl halides is 3. The van der Waals surface area contributed by atoms with Crippen molar-refractivity contribution in [1.82, 2.24) is 9.97 Å².